The first-order valence-electron chi connectivity index (χ1n) is 6.92. The van der Waals surface area contributed by atoms with E-state index in [1.807, 2.05) is 6.92 Å². The molecular formula is C14H29NO. The van der Waals surface area contributed by atoms with Crippen LogP contribution in [0.25, 0.3) is 0 Å². The average molecular weight is 227 g/mol. The van der Waals surface area contributed by atoms with Crippen LogP contribution in [0.2, 0.25) is 0 Å². The topological polar surface area (TPSA) is 46.2 Å². The molecule has 0 radical (unpaired) electrons. The van der Waals surface area contributed by atoms with Gasteiger partial charge in [-0.3, -0.25) is 0 Å². The zero-order valence-corrected chi connectivity index (χ0v) is 11.3. The van der Waals surface area contributed by atoms with Crippen LogP contribution in [0.3, 0.4) is 0 Å². The average Bonchev–Trinajstić information content (AvgIpc) is 2.39. The first-order valence-corrected chi connectivity index (χ1v) is 6.92. The normalized spacial score (nSPS) is 35.4. The van der Waals surface area contributed by atoms with Crippen molar-refractivity contribution in [1.82, 2.24) is 0 Å². The van der Waals surface area contributed by atoms with Crippen molar-refractivity contribution in [3.05, 3.63) is 0 Å². The summed E-state index contributed by atoms with van der Waals surface area (Å²) in [5.74, 6) is 0.746. The molecule has 1 saturated carbocycles. The number of nitrogens with two attached hydrogens (primary N) is 1. The third-order valence-corrected chi connectivity index (χ3v) is 4.45. The number of aliphatic hydroxyl groups is 1. The Labute approximate surface area is 101 Å². The molecule has 3 atom stereocenters. The van der Waals surface area contributed by atoms with Crippen molar-refractivity contribution in [1.29, 1.82) is 0 Å². The van der Waals surface area contributed by atoms with E-state index in [4.69, 9.17) is 5.73 Å². The largest absolute Gasteiger partial charge is 0.388 e. The lowest BCUT2D eigenvalue weighted by molar-refractivity contribution is -0.0462. The van der Waals surface area contributed by atoms with Crippen LogP contribution in [-0.2, 0) is 0 Å². The van der Waals surface area contributed by atoms with Gasteiger partial charge in [0.05, 0.1) is 5.60 Å². The molecule has 96 valence electrons. The van der Waals surface area contributed by atoms with E-state index < -0.39 is 11.1 Å². The summed E-state index contributed by atoms with van der Waals surface area (Å²) in [5.41, 5.74) is 5.34. The van der Waals surface area contributed by atoms with Crippen molar-refractivity contribution < 1.29 is 5.11 Å². The summed E-state index contributed by atoms with van der Waals surface area (Å²) in [7, 11) is 0. The Kier molecular flexibility index (Phi) is 4.81. The Hall–Kier alpha value is -0.0800. The molecule has 2 nitrogen and oxygen atoms in total. The minimum absolute atomic E-state index is 0.410. The Balaban J connectivity index is 2.66. The fourth-order valence-corrected chi connectivity index (χ4v) is 2.85. The molecule has 0 aromatic carbocycles. The molecule has 0 spiro atoms. The molecule has 1 aliphatic carbocycles. The monoisotopic (exact) mass is 227 g/mol. The van der Waals surface area contributed by atoms with E-state index in [1.54, 1.807) is 0 Å². The highest BCUT2D eigenvalue weighted by atomic mass is 16.3. The van der Waals surface area contributed by atoms with Gasteiger partial charge in [0.25, 0.3) is 0 Å². The van der Waals surface area contributed by atoms with Gasteiger partial charge in [0, 0.05) is 5.54 Å². The molecule has 0 amide bonds. The highest BCUT2D eigenvalue weighted by molar-refractivity contribution is 5.01. The predicted molar refractivity (Wildman–Crippen MR) is 69.3 cm³/mol. The Morgan fingerprint density at radius 3 is 2.69 bits per heavy atom. The van der Waals surface area contributed by atoms with Crippen LogP contribution >= 0.6 is 0 Å². The van der Waals surface area contributed by atoms with Gasteiger partial charge in [0.15, 0.2) is 0 Å². The summed E-state index contributed by atoms with van der Waals surface area (Å²) in [4.78, 5) is 0. The van der Waals surface area contributed by atoms with E-state index >= 15 is 0 Å². The van der Waals surface area contributed by atoms with Crippen molar-refractivity contribution in [2.75, 3.05) is 0 Å². The highest BCUT2D eigenvalue weighted by Crippen LogP contribution is 2.38. The van der Waals surface area contributed by atoms with Crippen LogP contribution in [0.5, 0.6) is 0 Å². The van der Waals surface area contributed by atoms with Crippen LogP contribution in [0.15, 0.2) is 0 Å². The molecule has 1 fully saturated rings. The van der Waals surface area contributed by atoms with E-state index in [0.717, 1.165) is 50.9 Å². The summed E-state index contributed by atoms with van der Waals surface area (Å²) < 4.78 is 0. The zero-order chi connectivity index (χ0) is 12.2. The maximum Gasteiger partial charge on any atom is 0.0823 e. The van der Waals surface area contributed by atoms with Crippen LogP contribution < -0.4 is 5.73 Å². The Bertz CT molecular complexity index is 215. The second-order valence-electron chi connectivity index (χ2n) is 6.09. The molecule has 3 unspecified atom stereocenters. The number of unbranched alkanes of at least 4 members (excludes halogenated alkanes) is 1. The second kappa shape index (κ2) is 5.50. The molecule has 0 aliphatic heterocycles. The maximum absolute atomic E-state index is 10.8. The third kappa shape index (κ3) is 3.21. The van der Waals surface area contributed by atoms with Crippen molar-refractivity contribution in [2.45, 2.75) is 83.3 Å². The van der Waals surface area contributed by atoms with Gasteiger partial charge in [-0.05, 0) is 38.5 Å². The van der Waals surface area contributed by atoms with Gasteiger partial charge in [-0.25, -0.2) is 0 Å². The zero-order valence-electron chi connectivity index (χ0n) is 11.3. The van der Waals surface area contributed by atoms with Crippen LogP contribution in [-0.4, -0.2) is 16.2 Å². The van der Waals surface area contributed by atoms with Gasteiger partial charge in [-0.1, -0.05) is 39.5 Å². The SMILES string of the molecule is CCCCC(C)(N)C1(O)CCCC(C)CC1. The minimum atomic E-state index is -0.632. The molecule has 0 aromatic heterocycles. The molecule has 3 N–H and O–H groups in total. The van der Waals surface area contributed by atoms with E-state index in [1.165, 1.54) is 6.42 Å². The number of hydrogen-bond donors (Lipinski definition) is 2. The first-order chi connectivity index (χ1) is 7.41. The lowest BCUT2D eigenvalue weighted by Gasteiger charge is -2.42. The lowest BCUT2D eigenvalue weighted by atomic mass is 9.73. The van der Waals surface area contributed by atoms with E-state index in [2.05, 4.69) is 13.8 Å². The Morgan fingerprint density at radius 1 is 1.38 bits per heavy atom. The summed E-state index contributed by atoms with van der Waals surface area (Å²) in [6.07, 6.45) is 8.45. The van der Waals surface area contributed by atoms with Gasteiger partial charge in [0.2, 0.25) is 0 Å². The summed E-state index contributed by atoms with van der Waals surface area (Å²) in [5, 5.41) is 10.8. The second-order valence-corrected chi connectivity index (χ2v) is 6.09. The fourth-order valence-electron chi connectivity index (χ4n) is 2.85. The summed E-state index contributed by atoms with van der Waals surface area (Å²) in [6.45, 7) is 6.50. The van der Waals surface area contributed by atoms with Gasteiger partial charge >= 0.3 is 0 Å². The molecule has 1 aliphatic rings. The number of hydrogen-bond acceptors (Lipinski definition) is 2. The predicted octanol–water partition coefficient (Wildman–Crippen LogP) is 3.23. The van der Waals surface area contributed by atoms with E-state index in [-0.39, 0.29) is 0 Å². The van der Waals surface area contributed by atoms with Gasteiger partial charge in [0.1, 0.15) is 0 Å². The standard InChI is InChI=1S/C14H29NO/c1-4-5-9-13(3,15)14(16)10-6-7-12(2)8-11-14/h12,16H,4-11,15H2,1-3H3. The van der Waals surface area contributed by atoms with Crippen LogP contribution in [0.4, 0.5) is 0 Å². The molecule has 0 saturated heterocycles. The molecule has 0 bridgehead atoms. The van der Waals surface area contributed by atoms with Crippen molar-refractivity contribution in [2.24, 2.45) is 11.7 Å². The van der Waals surface area contributed by atoms with Crippen LogP contribution in [0.1, 0.15) is 72.1 Å². The highest BCUT2D eigenvalue weighted by Gasteiger charge is 2.43. The molecule has 2 heteroatoms. The molecular weight excluding hydrogens is 198 g/mol. The molecule has 0 aromatic rings. The lowest BCUT2D eigenvalue weighted by Crippen LogP contribution is -2.58. The molecule has 0 heterocycles. The van der Waals surface area contributed by atoms with E-state index in [0.29, 0.717) is 0 Å². The Morgan fingerprint density at radius 2 is 2.06 bits per heavy atom. The first kappa shape index (κ1) is 14.0. The summed E-state index contributed by atoms with van der Waals surface area (Å²) >= 11 is 0. The molecule has 16 heavy (non-hydrogen) atoms. The maximum atomic E-state index is 10.8. The van der Waals surface area contributed by atoms with Crippen LogP contribution in [0, 0.1) is 5.92 Å². The van der Waals surface area contributed by atoms with Crippen molar-refractivity contribution in [3.8, 4) is 0 Å². The van der Waals surface area contributed by atoms with Gasteiger partial charge in [-0.15, -0.1) is 0 Å². The third-order valence-electron chi connectivity index (χ3n) is 4.45. The summed E-state index contributed by atoms with van der Waals surface area (Å²) in [6, 6.07) is 0. The molecule has 1 rings (SSSR count). The fraction of sp³-hybridized carbons (Fsp3) is 1.00. The van der Waals surface area contributed by atoms with Gasteiger partial charge < -0.3 is 10.8 Å². The van der Waals surface area contributed by atoms with E-state index in [9.17, 15) is 5.11 Å². The smallest absolute Gasteiger partial charge is 0.0823 e. The van der Waals surface area contributed by atoms with Gasteiger partial charge in [-0.2, -0.15) is 0 Å². The quantitative estimate of drug-likeness (QED) is 0.724. The minimum Gasteiger partial charge on any atom is -0.388 e. The van der Waals surface area contributed by atoms with Crippen molar-refractivity contribution in [3.63, 3.8) is 0 Å². The number of rotatable bonds is 4. The van der Waals surface area contributed by atoms with Crippen molar-refractivity contribution >= 4 is 0 Å².